The largest absolute Gasteiger partial charge is 0.312 e. The Hall–Kier alpha value is -1.56. The van der Waals surface area contributed by atoms with E-state index in [0.29, 0.717) is 12.1 Å². The molecule has 1 aliphatic rings. The predicted molar refractivity (Wildman–Crippen MR) is 80.7 cm³/mol. The zero-order chi connectivity index (χ0) is 14.9. The maximum absolute atomic E-state index is 12.0. The quantitative estimate of drug-likeness (QED) is 0.832. The van der Waals surface area contributed by atoms with Crippen molar-refractivity contribution in [1.82, 2.24) is 0 Å². The number of fused-ring (bicyclic) bond motifs is 1. The zero-order valence-corrected chi connectivity index (χ0v) is 12.9. The molecule has 6 heteroatoms. The third-order valence-corrected chi connectivity index (χ3v) is 4.80. The Kier molecular flexibility index (Phi) is 4.04. The molecule has 0 atom stereocenters. The topological polar surface area (TPSA) is 57.7 Å². The second-order valence-electron chi connectivity index (χ2n) is 5.12. The maximum atomic E-state index is 12.0. The van der Waals surface area contributed by atoms with Gasteiger partial charge in [0.05, 0.1) is 18.4 Å². The highest BCUT2D eigenvalue weighted by atomic mass is 32.2. The van der Waals surface area contributed by atoms with Gasteiger partial charge in [-0.15, -0.1) is 0 Å². The Morgan fingerprint density at radius 1 is 1.35 bits per heavy atom. The first-order valence-electron chi connectivity index (χ1n) is 6.71. The van der Waals surface area contributed by atoms with Crippen molar-refractivity contribution >= 4 is 27.3 Å². The molecule has 0 unspecified atom stereocenters. The van der Waals surface area contributed by atoms with Crippen molar-refractivity contribution in [2.45, 2.75) is 26.2 Å². The minimum Gasteiger partial charge on any atom is -0.312 e. The molecule has 5 nitrogen and oxygen atoms in total. The molecule has 0 bridgehead atoms. The van der Waals surface area contributed by atoms with E-state index in [9.17, 15) is 13.2 Å². The molecule has 0 radical (unpaired) electrons. The highest BCUT2D eigenvalue weighted by molar-refractivity contribution is 7.92. The second kappa shape index (κ2) is 5.44. The van der Waals surface area contributed by atoms with Crippen LogP contribution in [0.15, 0.2) is 18.2 Å². The summed E-state index contributed by atoms with van der Waals surface area (Å²) in [7, 11) is -1.76. The number of amides is 1. The smallest absolute Gasteiger partial charge is 0.231 e. The molecule has 1 aromatic carbocycles. The Balaban J connectivity index is 2.31. The monoisotopic (exact) mass is 296 g/mol. The highest BCUT2D eigenvalue weighted by Crippen LogP contribution is 2.32. The van der Waals surface area contributed by atoms with Crippen LogP contribution in [-0.2, 0) is 21.2 Å². The lowest BCUT2D eigenvalue weighted by Crippen LogP contribution is -2.27. The summed E-state index contributed by atoms with van der Waals surface area (Å²) in [5, 5.41) is 0. The number of carbonyl (C=O) groups excluding carboxylic acids is 1. The molecule has 2 rings (SSSR count). The van der Waals surface area contributed by atoms with Gasteiger partial charge < -0.3 is 4.90 Å². The first-order valence-corrected chi connectivity index (χ1v) is 8.56. The minimum absolute atomic E-state index is 0.0904. The zero-order valence-electron chi connectivity index (χ0n) is 12.1. The molecule has 1 heterocycles. The molecule has 0 aliphatic carbocycles. The first kappa shape index (κ1) is 14.8. The van der Waals surface area contributed by atoms with E-state index in [0.717, 1.165) is 30.6 Å². The van der Waals surface area contributed by atoms with E-state index in [4.69, 9.17) is 0 Å². The van der Waals surface area contributed by atoms with Crippen molar-refractivity contribution in [3.05, 3.63) is 23.8 Å². The van der Waals surface area contributed by atoms with Crippen LogP contribution in [0.4, 0.5) is 11.4 Å². The number of carbonyl (C=O) groups is 1. The Morgan fingerprint density at radius 2 is 2.05 bits per heavy atom. The van der Waals surface area contributed by atoms with Gasteiger partial charge in [0.25, 0.3) is 0 Å². The highest BCUT2D eigenvalue weighted by Gasteiger charge is 2.27. The molecular weight excluding hydrogens is 276 g/mol. The van der Waals surface area contributed by atoms with Crippen molar-refractivity contribution in [2.24, 2.45) is 0 Å². The number of hydrogen-bond acceptors (Lipinski definition) is 3. The molecule has 1 aliphatic heterocycles. The predicted octanol–water partition coefficient (Wildman–Crippen LogP) is 1.77. The van der Waals surface area contributed by atoms with Crippen LogP contribution >= 0.6 is 0 Å². The SMILES string of the molecule is CCCCN1C(=O)Cc2cc(N(C)S(C)(=O)=O)ccc21. The molecule has 0 aromatic heterocycles. The summed E-state index contributed by atoms with van der Waals surface area (Å²) >= 11 is 0. The van der Waals surface area contributed by atoms with Crippen LogP contribution in [-0.4, -0.2) is 34.2 Å². The van der Waals surface area contributed by atoms with Crippen LogP contribution in [0.25, 0.3) is 0 Å². The minimum atomic E-state index is -3.28. The van der Waals surface area contributed by atoms with Crippen LogP contribution in [0.1, 0.15) is 25.3 Å². The summed E-state index contributed by atoms with van der Waals surface area (Å²) in [6.07, 6.45) is 3.52. The van der Waals surface area contributed by atoms with Crippen molar-refractivity contribution in [1.29, 1.82) is 0 Å². The van der Waals surface area contributed by atoms with Crippen molar-refractivity contribution < 1.29 is 13.2 Å². The van der Waals surface area contributed by atoms with Crippen LogP contribution < -0.4 is 9.21 Å². The number of nitrogens with zero attached hydrogens (tertiary/aromatic N) is 2. The van der Waals surface area contributed by atoms with Gasteiger partial charge >= 0.3 is 0 Å². The summed E-state index contributed by atoms with van der Waals surface area (Å²) in [5.74, 6) is 0.0904. The van der Waals surface area contributed by atoms with E-state index < -0.39 is 10.0 Å². The van der Waals surface area contributed by atoms with E-state index in [1.807, 2.05) is 6.07 Å². The average Bonchev–Trinajstić information content (AvgIpc) is 2.69. The van der Waals surface area contributed by atoms with Crippen LogP contribution in [0, 0.1) is 0 Å². The first-order chi connectivity index (χ1) is 9.34. The fourth-order valence-electron chi connectivity index (χ4n) is 2.32. The molecule has 0 fully saturated rings. The third-order valence-electron chi connectivity index (χ3n) is 3.59. The van der Waals surface area contributed by atoms with Gasteiger partial charge in [0, 0.05) is 19.3 Å². The van der Waals surface area contributed by atoms with Crippen LogP contribution in [0.5, 0.6) is 0 Å². The lowest BCUT2D eigenvalue weighted by molar-refractivity contribution is -0.117. The van der Waals surface area contributed by atoms with Gasteiger partial charge in [0.1, 0.15) is 0 Å². The maximum Gasteiger partial charge on any atom is 0.231 e. The molecule has 0 N–H and O–H groups in total. The summed E-state index contributed by atoms with van der Waals surface area (Å²) < 4.78 is 24.3. The van der Waals surface area contributed by atoms with E-state index in [1.165, 1.54) is 17.6 Å². The summed E-state index contributed by atoms with van der Waals surface area (Å²) in [6, 6.07) is 5.38. The van der Waals surface area contributed by atoms with Gasteiger partial charge in [-0.25, -0.2) is 8.42 Å². The molecule has 20 heavy (non-hydrogen) atoms. The van der Waals surface area contributed by atoms with Crippen molar-refractivity contribution in [3.8, 4) is 0 Å². The van der Waals surface area contributed by atoms with E-state index in [2.05, 4.69) is 6.92 Å². The van der Waals surface area contributed by atoms with Gasteiger partial charge in [-0.05, 0) is 30.2 Å². The van der Waals surface area contributed by atoms with Crippen LogP contribution in [0.3, 0.4) is 0 Å². The molecule has 0 saturated carbocycles. The van der Waals surface area contributed by atoms with Crippen LogP contribution in [0.2, 0.25) is 0 Å². The third kappa shape index (κ3) is 2.80. The van der Waals surface area contributed by atoms with E-state index in [1.54, 1.807) is 17.0 Å². The lowest BCUT2D eigenvalue weighted by atomic mass is 10.1. The molecule has 0 spiro atoms. The number of rotatable bonds is 5. The Bertz CT molecular complexity index is 625. The second-order valence-corrected chi connectivity index (χ2v) is 7.13. The standard InChI is InChI=1S/C14H20N2O3S/c1-4-5-8-16-13-7-6-12(15(2)20(3,18)19)9-11(13)10-14(16)17/h6-7,9H,4-5,8,10H2,1-3H3. The van der Waals surface area contributed by atoms with Gasteiger partial charge in [0.2, 0.25) is 15.9 Å². The van der Waals surface area contributed by atoms with Crippen molar-refractivity contribution in [2.75, 3.05) is 29.1 Å². The number of sulfonamides is 1. The van der Waals surface area contributed by atoms with Gasteiger partial charge in [-0.2, -0.15) is 0 Å². The lowest BCUT2D eigenvalue weighted by Gasteiger charge is -2.20. The number of anilines is 2. The molecule has 0 saturated heterocycles. The summed E-state index contributed by atoms with van der Waals surface area (Å²) in [6.45, 7) is 2.81. The molecule has 1 amide bonds. The fourth-order valence-corrected chi connectivity index (χ4v) is 2.81. The van der Waals surface area contributed by atoms with Gasteiger partial charge in [0.15, 0.2) is 0 Å². The summed E-state index contributed by atoms with van der Waals surface area (Å²) in [4.78, 5) is 13.8. The van der Waals surface area contributed by atoms with E-state index in [-0.39, 0.29) is 5.91 Å². The average molecular weight is 296 g/mol. The number of unbranched alkanes of at least 4 members (excludes halogenated alkanes) is 1. The Morgan fingerprint density at radius 3 is 2.65 bits per heavy atom. The number of hydrogen-bond donors (Lipinski definition) is 0. The molecule has 1 aromatic rings. The Labute approximate surface area is 120 Å². The number of benzene rings is 1. The fraction of sp³-hybridized carbons (Fsp3) is 0.500. The molecular formula is C14H20N2O3S. The van der Waals surface area contributed by atoms with Gasteiger partial charge in [-0.1, -0.05) is 13.3 Å². The van der Waals surface area contributed by atoms with Crippen molar-refractivity contribution in [3.63, 3.8) is 0 Å². The van der Waals surface area contributed by atoms with E-state index >= 15 is 0 Å². The normalized spacial score (nSPS) is 14.6. The van der Waals surface area contributed by atoms with Gasteiger partial charge in [-0.3, -0.25) is 9.10 Å². The molecule has 110 valence electrons. The summed E-state index contributed by atoms with van der Waals surface area (Å²) in [5.41, 5.74) is 2.41.